The van der Waals surface area contributed by atoms with Gasteiger partial charge in [0, 0.05) is 18.1 Å². The summed E-state index contributed by atoms with van der Waals surface area (Å²) in [6.07, 6.45) is 3.61. The zero-order valence-electron chi connectivity index (χ0n) is 11.2. The standard InChI is InChI=1S/C15H24N2/c1-11(2)17(3)14-10-6-8-12-7-4-5-9-13(12)15(14)16/h4-5,7,9,11,14-15H,6,8,10,16H2,1-3H3. The first kappa shape index (κ1) is 12.6. The average Bonchev–Trinajstić information content (AvgIpc) is 2.48. The minimum Gasteiger partial charge on any atom is -0.323 e. The predicted molar refractivity (Wildman–Crippen MR) is 73.0 cm³/mol. The third-order valence-corrected chi connectivity index (χ3v) is 4.11. The van der Waals surface area contributed by atoms with Gasteiger partial charge in [-0.05, 0) is 51.3 Å². The van der Waals surface area contributed by atoms with Crippen LogP contribution in [0, 0.1) is 0 Å². The third kappa shape index (κ3) is 2.53. The second-order valence-corrected chi connectivity index (χ2v) is 5.44. The Balaban J connectivity index is 2.28. The molecule has 1 aromatic carbocycles. The van der Waals surface area contributed by atoms with Gasteiger partial charge in [0.15, 0.2) is 0 Å². The molecule has 2 rings (SSSR count). The summed E-state index contributed by atoms with van der Waals surface area (Å²) in [5, 5.41) is 0. The molecule has 1 aliphatic carbocycles. The number of rotatable bonds is 2. The van der Waals surface area contributed by atoms with Crippen molar-refractivity contribution in [3.8, 4) is 0 Å². The van der Waals surface area contributed by atoms with Crippen molar-refractivity contribution in [1.29, 1.82) is 0 Å². The van der Waals surface area contributed by atoms with Crippen LogP contribution >= 0.6 is 0 Å². The van der Waals surface area contributed by atoms with Crippen molar-refractivity contribution in [2.24, 2.45) is 5.73 Å². The third-order valence-electron chi connectivity index (χ3n) is 4.11. The number of nitrogens with two attached hydrogens (primary N) is 1. The summed E-state index contributed by atoms with van der Waals surface area (Å²) >= 11 is 0. The molecule has 2 heteroatoms. The van der Waals surface area contributed by atoms with Crippen molar-refractivity contribution in [2.75, 3.05) is 7.05 Å². The van der Waals surface area contributed by atoms with Crippen LogP contribution in [-0.4, -0.2) is 24.0 Å². The molecule has 0 radical (unpaired) electrons. The summed E-state index contributed by atoms with van der Waals surface area (Å²) in [4.78, 5) is 2.42. The highest BCUT2D eigenvalue weighted by Gasteiger charge is 2.28. The molecule has 0 spiro atoms. The van der Waals surface area contributed by atoms with Crippen molar-refractivity contribution in [1.82, 2.24) is 4.90 Å². The van der Waals surface area contributed by atoms with Gasteiger partial charge in [0.1, 0.15) is 0 Å². The fraction of sp³-hybridized carbons (Fsp3) is 0.600. The fourth-order valence-corrected chi connectivity index (χ4v) is 2.82. The SMILES string of the molecule is CC(C)N(C)C1CCCc2ccccc2C1N. The van der Waals surface area contributed by atoms with Crippen LogP contribution in [0.5, 0.6) is 0 Å². The van der Waals surface area contributed by atoms with Crippen molar-refractivity contribution in [3.63, 3.8) is 0 Å². The molecule has 1 aromatic rings. The Morgan fingerprint density at radius 2 is 2.00 bits per heavy atom. The number of hydrogen-bond donors (Lipinski definition) is 1. The van der Waals surface area contributed by atoms with E-state index in [9.17, 15) is 0 Å². The first-order chi connectivity index (χ1) is 8.11. The van der Waals surface area contributed by atoms with E-state index in [-0.39, 0.29) is 6.04 Å². The topological polar surface area (TPSA) is 29.3 Å². The monoisotopic (exact) mass is 232 g/mol. The highest BCUT2D eigenvalue weighted by molar-refractivity contribution is 5.32. The maximum Gasteiger partial charge on any atom is 0.0455 e. The Morgan fingerprint density at radius 3 is 2.71 bits per heavy atom. The fourth-order valence-electron chi connectivity index (χ4n) is 2.82. The highest BCUT2D eigenvalue weighted by Crippen LogP contribution is 2.30. The summed E-state index contributed by atoms with van der Waals surface area (Å²) in [7, 11) is 2.20. The second kappa shape index (κ2) is 5.19. The molecule has 0 bridgehead atoms. The number of fused-ring (bicyclic) bond motifs is 1. The molecule has 0 saturated heterocycles. The van der Waals surface area contributed by atoms with Crippen LogP contribution in [0.25, 0.3) is 0 Å². The number of benzene rings is 1. The number of nitrogens with zero attached hydrogens (tertiary/aromatic N) is 1. The van der Waals surface area contributed by atoms with Crippen LogP contribution in [-0.2, 0) is 6.42 Å². The Kier molecular flexibility index (Phi) is 3.85. The van der Waals surface area contributed by atoms with Crippen molar-refractivity contribution < 1.29 is 0 Å². The summed E-state index contributed by atoms with van der Waals surface area (Å²) in [5.74, 6) is 0. The molecular weight excluding hydrogens is 208 g/mol. The van der Waals surface area contributed by atoms with Crippen LogP contribution in [0.2, 0.25) is 0 Å². The van der Waals surface area contributed by atoms with Gasteiger partial charge in [0.25, 0.3) is 0 Å². The van der Waals surface area contributed by atoms with Crippen LogP contribution in [0.1, 0.15) is 43.9 Å². The predicted octanol–water partition coefficient (Wildman–Crippen LogP) is 2.73. The van der Waals surface area contributed by atoms with E-state index < -0.39 is 0 Å². The van der Waals surface area contributed by atoms with E-state index in [2.05, 4.69) is 50.1 Å². The molecule has 0 saturated carbocycles. The zero-order valence-corrected chi connectivity index (χ0v) is 11.2. The molecule has 2 unspecified atom stereocenters. The van der Waals surface area contributed by atoms with Gasteiger partial charge in [0.2, 0.25) is 0 Å². The van der Waals surface area contributed by atoms with Gasteiger partial charge in [-0.2, -0.15) is 0 Å². The van der Waals surface area contributed by atoms with E-state index >= 15 is 0 Å². The molecule has 2 N–H and O–H groups in total. The molecule has 0 amide bonds. The minimum atomic E-state index is 0.154. The minimum absolute atomic E-state index is 0.154. The van der Waals surface area contributed by atoms with Gasteiger partial charge < -0.3 is 5.73 Å². The first-order valence-corrected chi connectivity index (χ1v) is 6.66. The molecule has 0 aliphatic heterocycles. The van der Waals surface area contributed by atoms with Crippen LogP contribution in [0.15, 0.2) is 24.3 Å². The molecule has 2 nitrogen and oxygen atoms in total. The largest absolute Gasteiger partial charge is 0.323 e. The Morgan fingerprint density at radius 1 is 1.29 bits per heavy atom. The van der Waals surface area contributed by atoms with Gasteiger partial charge in [-0.3, -0.25) is 4.90 Å². The summed E-state index contributed by atoms with van der Waals surface area (Å²) in [6.45, 7) is 4.48. The van der Waals surface area contributed by atoms with Crippen molar-refractivity contribution >= 4 is 0 Å². The first-order valence-electron chi connectivity index (χ1n) is 6.66. The molecule has 0 fully saturated rings. The summed E-state index contributed by atoms with van der Waals surface area (Å²) < 4.78 is 0. The molecule has 17 heavy (non-hydrogen) atoms. The zero-order chi connectivity index (χ0) is 12.4. The van der Waals surface area contributed by atoms with Crippen molar-refractivity contribution in [2.45, 2.75) is 51.2 Å². The van der Waals surface area contributed by atoms with Crippen LogP contribution in [0.4, 0.5) is 0 Å². The lowest BCUT2D eigenvalue weighted by Gasteiger charge is -2.35. The number of hydrogen-bond acceptors (Lipinski definition) is 2. The van der Waals surface area contributed by atoms with E-state index in [1.54, 1.807) is 0 Å². The molecule has 2 atom stereocenters. The lowest BCUT2D eigenvalue weighted by atomic mass is 9.95. The van der Waals surface area contributed by atoms with E-state index in [1.807, 2.05) is 0 Å². The van der Waals surface area contributed by atoms with E-state index in [0.717, 1.165) is 0 Å². The second-order valence-electron chi connectivity index (χ2n) is 5.44. The average molecular weight is 232 g/mol. The molecule has 94 valence electrons. The Labute approximate surface area is 105 Å². The molecule has 0 aromatic heterocycles. The Hall–Kier alpha value is -0.860. The normalized spacial score (nSPS) is 24.8. The lowest BCUT2D eigenvalue weighted by molar-refractivity contribution is 0.161. The van der Waals surface area contributed by atoms with E-state index in [0.29, 0.717) is 12.1 Å². The van der Waals surface area contributed by atoms with E-state index in [4.69, 9.17) is 5.73 Å². The smallest absolute Gasteiger partial charge is 0.0455 e. The molecular formula is C15H24N2. The van der Waals surface area contributed by atoms with Gasteiger partial charge in [-0.25, -0.2) is 0 Å². The maximum atomic E-state index is 6.49. The summed E-state index contributed by atoms with van der Waals surface area (Å²) in [5.41, 5.74) is 9.28. The van der Waals surface area contributed by atoms with Gasteiger partial charge in [-0.1, -0.05) is 24.3 Å². The molecule has 0 heterocycles. The van der Waals surface area contributed by atoms with E-state index in [1.165, 1.54) is 30.4 Å². The maximum absolute atomic E-state index is 6.49. The molecule has 1 aliphatic rings. The number of likely N-dealkylation sites (N-methyl/N-ethyl adjacent to an activating group) is 1. The van der Waals surface area contributed by atoms with Crippen molar-refractivity contribution in [3.05, 3.63) is 35.4 Å². The quantitative estimate of drug-likeness (QED) is 0.794. The van der Waals surface area contributed by atoms with Gasteiger partial charge in [-0.15, -0.1) is 0 Å². The Bertz CT molecular complexity index is 373. The number of aryl methyl sites for hydroxylation is 1. The highest BCUT2D eigenvalue weighted by atomic mass is 15.2. The van der Waals surface area contributed by atoms with Gasteiger partial charge in [0.05, 0.1) is 0 Å². The summed E-state index contributed by atoms with van der Waals surface area (Å²) in [6, 6.07) is 9.84. The van der Waals surface area contributed by atoms with Crippen LogP contribution in [0.3, 0.4) is 0 Å². The van der Waals surface area contributed by atoms with Crippen LogP contribution < -0.4 is 5.73 Å². The van der Waals surface area contributed by atoms with Gasteiger partial charge >= 0.3 is 0 Å². The lowest BCUT2D eigenvalue weighted by Crippen LogP contribution is -2.43.